The van der Waals surface area contributed by atoms with Gasteiger partial charge in [0.1, 0.15) is 0 Å². The molecule has 0 amide bonds. The SMILES string of the molecule is CC.Cc1ccc(CN2C(O)(O)C(O)(O)OC(O)(O)C2(O)O)cc1. The summed E-state index contributed by atoms with van der Waals surface area (Å²) in [5, 5.41) is 76.7. The van der Waals surface area contributed by atoms with Gasteiger partial charge in [-0.3, -0.25) is 4.74 Å². The summed E-state index contributed by atoms with van der Waals surface area (Å²) in [6, 6.07) is 6.20. The van der Waals surface area contributed by atoms with Gasteiger partial charge in [-0.05, 0) is 12.5 Å². The third-order valence-electron chi connectivity index (χ3n) is 3.37. The number of aliphatic hydroxyl groups is 8. The number of aryl methyl sites for hydroxylation is 1. The highest BCUT2D eigenvalue weighted by Gasteiger charge is 2.74. The quantitative estimate of drug-likeness (QED) is 0.265. The van der Waals surface area contributed by atoms with E-state index in [1.165, 1.54) is 12.1 Å². The Labute approximate surface area is 138 Å². The zero-order chi connectivity index (χ0) is 19.0. The zero-order valence-corrected chi connectivity index (χ0v) is 13.4. The maximum atomic E-state index is 9.76. The highest BCUT2D eigenvalue weighted by molar-refractivity contribution is 5.21. The van der Waals surface area contributed by atoms with Crippen molar-refractivity contribution in [1.82, 2.24) is 4.90 Å². The minimum Gasteiger partial charge on any atom is -0.347 e. The van der Waals surface area contributed by atoms with Crippen molar-refractivity contribution in [3.05, 3.63) is 35.4 Å². The number of hydrogen-bond donors (Lipinski definition) is 8. The standard InChI is InChI=1S/C12H17NO9.C2H6/c1-7-2-4-8(5-3-7)6-13-9(14,15)11(18,19)22-12(20,21)10(13,16)17;1-2/h2-5,14-21H,6H2,1H3;1-2H3. The van der Waals surface area contributed by atoms with Crippen LogP contribution in [-0.2, 0) is 11.3 Å². The van der Waals surface area contributed by atoms with Crippen LogP contribution in [0.5, 0.6) is 0 Å². The van der Waals surface area contributed by atoms with Crippen molar-refractivity contribution in [3.63, 3.8) is 0 Å². The van der Waals surface area contributed by atoms with Gasteiger partial charge >= 0.3 is 23.8 Å². The van der Waals surface area contributed by atoms with Gasteiger partial charge in [-0.25, -0.2) is 0 Å². The van der Waals surface area contributed by atoms with E-state index in [2.05, 4.69) is 4.74 Å². The molecule has 1 aromatic carbocycles. The third kappa shape index (κ3) is 3.43. The fraction of sp³-hybridized carbons (Fsp3) is 0.571. The summed E-state index contributed by atoms with van der Waals surface area (Å²) in [4.78, 5) is -0.159. The Morgan fingerprint density at radius 1 is 0.792 bits per heavy atom. The molecule has 10 heteroatoms. The van der Waals surface area contributed by atoms with E-state index in [-0.39, 0.29) is 10.5 Å². The molecular weight excluding hydrogens is 326 g/mol. The maximum absolute atomic E-state index is 9.76. The lowest BCUT2D eigenvalue weighted by Crippen LogP contribution is -2.83. The molecule has 0 aromatic heterocycles. The molecule has 1 saturated heterocycles. The molecule has 0 bridgehead atoms. The smallest absolute Gasteiger partial charge is 0.347 e. The Morgan fingerprint density at radius 3 is 1.54 bits per heavy atom. The van der Waals surface area contributed by atoms with Crippen LogP contribution in [-0.4, -0.2) is 69.5 Å². The van der Waals surface area contributed by atoms with E-state index < -0.39 is 30.3 Å². The van der Waals surface area contributed by atoms with E-state index in [1.807, 2.05) is 13.8 Å². The average Bonchev–Trinajstić information content (AvgIpc) is 2.45. The zero-order valence-electron chi connectivity index (χ0n) is 13.4. The number of ether oxygens (including phenoxy) is 1. The topological polar surface area (TPSA) is 174 Å². The number of benzene rings is 1. The molecule has 1 aliphatic heterocycles. The second-order valence-corrected chi connectivity index (χ2v) is 5.16. The molecule has 24 heavy (non-hydrogen) atoms. The lowest BCUT2D eigenvalue weighted by molar-refractivity contribution is -0.659. The van der Waals surface area contributed by atoms with E-state index in [4.69, 9.17) is 0 Å². The van der Waals surface area contributed by atoms with Crippen molar-refractivity contribution in [1.29, 1.82) is 0 Å². The molecule has 0 aliphatic carbocycles. The molecule has 8 N–H and O–H groups in total. The normalized spacial score (nSPS) is 24.0. The van der Waals surface area contributed by atoms with Gasteiger partial charge in [0.15, 0.2) is 0 Å². The van der Waals surface area contributed by atoms with E-state index in [1.54, 1.807) is 19.1 Å². The highest BCUT2D eigenvalue weighted by Crippen LogP contribution is 2.42. The predicted octanol–water partition coefficient (Wildman–Crippen LogP) is -2.59. The van der Waals surface area contributed by atoms with Crippen molar-refractivity contribution in [3.8, 4) is 0 Å². The van der Waals surface area contributed by atoms with Crippen LogP contribution in [0.4, 0.5) is 0 Å². The van der Waals surface area contributed by atoms with Crippen LogP contribution >= 0.6 is 0 Å². The van der Waals surface area contributed by atoms with Crippen LogP contribution < -0.4 is 0 Å². The number of rotatable bonds is 2. The van der Waals surface area contributed by atoms with Gasteiger partial charge in [0.05, 0.1) is 0 Å². The molecule has 1 aliphatic rings. The highest BCUT2D eigenvalue weighted by atomic mass is 16.9. The molecule has 138 valence electrons. The van der Waals surface area contributed by atoms with Crippen LogP contribution in [0.1, 0.15) is 25.0 Å². The summed E-state index contributed by atoms with van der Waals surface area (Å²) in [5.41, 5.74) is 1.14. The maximum Gasteiger partial charge on any atom is 0.356 e. The Hall–Kier alpha value is -1.18. The molecule has 0 saturated carbocycles. The molecule has 1 heterocycles. The van der Waals surface area contributed by atoms with Gasteiger partial charge < -0.3 is 40.9 Å². The number of hydrogen-bond acceptors (Lipinski definition) is 10. The van der Waals surface area contributed by atoms with Crippen molar-refractivity contribution in [2.45, 2.75) is 51.1 Å². The molecule has 0 unspecified atom stereocenters. The molecule has 0 spiro atoms. The predicted molar refractivity (Wildman–Crippen MR) is 77.8 cm³/mol. The summed E-state index contributed by atoms with van der Waals surface area (Å²) < 4.78 is 3.76. The van der Waals surface area contributed by atoms with Crippen molar-refractivity contribution < 1.29 is 45.6 Å². The number of nitrogens with zero attached hydrogens (tertiary/aromatic N) is 1. The van der Waals surface area contributed by atoms with Crippen molar-refractivity contribution in [2.75, 3.05) is 0 Å². The first-order chi connectivity index (χ1) is 10.8. The molecule has 2 rings (SSSR count). The second kappa shape index (κ2) is 6.61. The molecule has 1 aromatic rings. The van der Waals surface area contributed by atoms with Crippen LogP contribution in [0, 0.1) is 6.92 Å². The second-order valence-electron chi connectivity index (χ2n) is 5.16. The summed E-state index contributed by atoms with van der Waals surface area (Å²) in [6.07, 6.45) is 0. The van der Waals surface area contributed by atoms with Gasteiger partial charge in [-0.15, -0.1) is 0 Å². The van der Waals surface area contributed by atoms with Crippen molar-refractivity contribution in [2.24, 2.45) is 0 Å². The average molecular weight is 349 g/mol. The fourth-order valence-corrected chi connectivity index (χ4v) is 2.00. The number of morpholine rings is 1. The minimum atomic E-state index is -3.92. The first kappa shape index (κ1) is 20.9. The summed E-state index contributed by atoms with van der Waals surface area (Å²) >= 11 is 0. The van der Waals surface area contributed by atoms with Gasteiger partial charge in [-0.1, -0.05) is 43.7 Å². The molecule has 10 nitrogen and oxygen atoms in total. The lowest BCUT2D eigenvalue weighted by atomic mass is 10.1. The molecular formula is C14H23NO9. The van der Waals surface area contributed by atoms with Gasteiger partial charge in [0.25, 0.3) is 0 Å². The van der Waals surface area contributed by atoms with E-state index in [0.29, 0.717) is 0 Å². The minimum absolute atomic E-state index is 0.159. The Morgan fingerprint density at radius 2 is 1.17 bits per heavy atom. The van der Waals surface area contributed by atoms with Crippen LogP contribution in [0.2, 0.25) is 0 Å². The van der Waals surface area contributed by atoms with Gasteiger partial charge in [0.2, 0.25) is 0 Å². The molecule has 0 radical (unpaired) electrons. The summed E-state index contributed by atoms with van der Waals surface area (Å²) in [5.74, 6) is -15.4. The molecule has 0 atom stereocenters. The van der Waals surface area contributed by atoms with Crippen molar-refractivity contribution >= 4 is 0 Å². The Balaban J connectivity index is 0.00000139. The third-order valence-corrected chi connectivity index (χ3v) is 3.37. The largest absolute Gasteiger partial charge is 0.356 e. The van der Waals surface area contributed by atoms with Crippen LogP contribution in [0.15, 0.2) is 24.3 Å². The van der Waals surface area contributed by atoms with E-state index in [0.717, 1.165) is 5.56 Å². The fourth-order valence-electron chi connectivity index (χ4n) is 2.00. The Bertz CT molecular complexity index is 528. The van der Waals surface area contributed by atoms with Crippen LogP contribution in [0.3, 0.4) is 0 Å². The van der Waals surface area contributed by atoms with E-state index >= 15 is 0 Å². The monoisotopic (exact) mass is 349 g/mol. The van der Waals surface area contributed by atoms with Gasteiger partial charge in [0, 0.05) is 6.54 Å². The molecule has 1 fully saturated rings. The first-order valence-electron chi connectivity index (χ1n) is 7.14. The van der Waals surface area contributed by atoms with E-state index in [9.17, 15) is 40.9 Å². The van der Waals surface area contributed by atoms with Crippen LogP contribution in [0.25, 0.3) is 0 Å². The van der Waals surface area contributed by atoms with Gasteiger partial charge in [-0.2, -0.15) is 4.90 Å². The summed E-state index contributed by atoms with van der Waals surface area (Å²) in [7, 11) is 0. The summed E-state index contributed by atoms with van der Waals surface area (Å²) in [6.45, 7) is 5.08. The lowest BCUT2D eigenvalue weighted by Gasteiger charge is -2.55. The Kier molecular flexibility index (Phi) is 5.75. The first-order valence-corrected chi connectivity index (χ1v) is 7.14.